The number of hydrogen-bond donors (Lipinski definition) is 2. The van der Waals surface area contributed by atoms with Crippen LogP contribution in [-0.4, -0.2) is 37.1 Å². The number of carbonyl (C=O) groups excluding carboxylic acids is 1. The van der Waals surface area contributed by atoms with Crippen LogP contribution in [0.3, 0.4) is 0 Å². The van der Waals surface area contributed by atoms with Crippen LogP contribution in [0, 0.1) is 0 Å². The molecule has 27 heavy (non-hydrogen) atoms. The molecule has 138 valence electrons. The molecule has 1 aromatic carbocycles. The van der Waals surface area contributed by atoms with E-state index in [0.717, 1.165) is 30.8 Å². The lowest BCUT2D eigenvalue weighted by Gasteiger charge is -2.19. The van der Waals surface area contributed by atoms with Gasteiger partial charge in [0.2, 0.25) is 0 Å². The highest BCUT2D eigenvalue weighted by Crippen LogP contribution is 2.24. The molecule has 1 unspecified atom stereocenters. The Labute approximate surface area is 158 Å². The standard InChI is InChI=1S/C21H22N4O2/c1-22-17-10-12-25(14-17)18-6-4-16(5-7-18)24-21(26)20-9-8-19(27-20)15-3-2-11-23-13-15/h2-9,11,13,17,22H,10,12,14H2,1H3,(H,24,26). The third-order valence-electron chi connectivity index (χ3n) is 4.86. The van der Waals surface area contributed by atoms with Crippen LogP contribution in [0.5, 0.6) is 0 Å². The summed E-state index contributed by atoms with van der Waals surface area (Å²) >= 11 is 0. The van der Waals surface area contributed by atoms with Crippen molar-refractivity contribution in [1.29, 1.82) is 0 Å². The molecule has 4 rings (SSSR count). The number of amides is 1. The maximum Gasteiger partial charge on any atom is 0.291 e. The van der Waals surface area contributed by atoms with E-state index in [1.807, 2.05) is 43.4 Å². The smallest absolute Gasteiger partial charge is 0.291 e. The normalized spacial score (nSPS) is 16.5. The number of rotatable bonds is 5. The van der Waals surface area contributed by atoms with Crippen LogP contribution < -0.4 is 15.5 Å². The van der Waals surface area contributed by atoms with Crippen molar-refractivity contribution >= 4 is 17.3 Å². The molecular weight excluding hydrogens is 340 g/mol. The summed E-state index contributed by atoms with van der Waals surface area (Å²) in [4.78, 5) is 18.9. The summed E-state index contributed by atoms with van der Waals surface area (Å²) in [6.45, 7) is 2.05. The predicted molar refractivity (Wildman–Crippen MR) is 106 cm³/mol. The largest absolute Gasteiger partial charge is 0.451 e. The van der Waals surface area contributed by atoms with Crippen LogP contribution >= 0.6 is 0 Å². The molecule has 0 aliphatic carbocycles. The van der Waals surface area contributed by atoms with Crippen LogP contribution in [0.4, 0.5) is 11.4 Å². The highest BCUT2D eigenvalue weighted by molar-refractivity contribution is 6.02. The Hall–Kier alpha value is -3.12. The first-order valence-electron chi connectivity index (χ1n) is 9.07. The van der Waals surface area contributed by atoms with E-state index in [1.165, 1.54) is 5.69 Å². The van der Waals surface area contributed by atoms with Gasteiger partial charge in [0, 0.05) is 48.5 Å². The third kappa shape index (κ3) is 3.85. The quantitative estimate of drug-likeness (QED) is 0.728. The third-order valence-corrected chi connectivity index (χ3v) is 4.86. The fraction of sp³-hybridized carbons (Fsp3) is 0.238. The molecule has 3 aromatic rings. The number of aromatic nitrogens is 1. The molecule has 0 radical (unpaired) electrons. The van der Waals surface area contributed by atoms with Gasteiger partial charge in [-0.05, 0) is 62.0 Å². The molecule has 1 aliphatic rings. The van der Waals surface area contributed by atoms with Crippen LogP contribution in [-0.2, 0) is 0 Å². The van der Waals surface area contributed by atoms with E-state index in [1.54, 1.807) is 24.5 Å². The van der Waals surface area contributed by atoms with Gasteiger partial charge in [0.1, 0.15) is 5.76 Å². The number of pyridine rings is 1. The van der Waals surface area contributed by atoms with Crippen molar-refractivity contribution in [1.82, 2.24) is 10.3 Å². The van der Waals surface area contributed by atoms with E-state index in [9.17, 15) is 4.79 Å². The fourth-order valence-corrected chi connectivity index (χ4v) is 3.30. The molecule has 1 aliphatic heterocycles. The van der Waals surface area contributed by atoms with E-state index in [0.29, 0.717) is 11.8 Å². The SMILES string of the molecule is CNC1CCN(c2ccc(NC(=O)c3ccc(-c4cccnc4)o3)cc2)C1. The highest BCUT2D eigenvalue weighted by Gasteiger charge is 2.21. The summed E-state index contributed by atoms with van der Waals surface area (Å²) in [5.41, 5.74) is 2.75. The summed E-state index contributed by atoms with van der Waals surface area (Å²) in [5.74, 6) is 0.625. The van der Waals surface area contributed by atoms with Crippen molar-refractivity contribution in [2.45, 2.75) is 12.5 Å². The number of anilines is 2. The van der Waals surface area contributed by atoms with E-state index in [2.05, 4.69) is 20.5 Å². The second-order valence-corrected chi connectivity index (χ2v) is 6.63. The molecule has 3 heterocycles. The number of hydrogen-bond acceptors (Lipinski definition) is 5. The molecule has 1 amide bonds. The first-order valence-corrected chi connectivity index (χ1v) is 9.07. The number of carbonyl (C=O) groups is 1. The van der Waals surface area contributed by atoms with Gasteiger partial charge in [-0.3, -0.25) is 9.78 Å². The van der Waals surface area contributed by atoms with Gasteiger partial charge in [-0.15, -0.1) is 0 Å². The summed E-state index contributed by atoms with van der Waals surface area (Å²) in [5, 5.41) is 6.20. The minimum absolute atomic E-state index is 0.269. The van der Waals surface area contributed by atoms with E-state index in [-0.39, 0.29) is 11.7 Å². The number of nitrogens with one attached hydrogen (secondary N) is 2. The van der Waals surface area contributed by atoms with Crippen LogP contribution in [0.25, 0.3) is 11.3 Å². The van der Waals surface area contributed by atoms with Gasteiger partial charge in [0.05, 0.1) is 0 Å². The molecule has 1 fully saturated rings. The Balaban J connectivity index is 1.41. The van der Waals surface area contributed by atoms with E-state index >= 15 is 0 Å². The fourth-order valence-electron chi connectivity index (χ4n) is 3.30. The lowest BCUT2D eigenvalue weighted by Crippen LogP contribution is -2.29. The minimum atomic E-state index is -0.269. The molecule has 0 bridgehead atoms. The molecule has 6 heteroatoms. The Kier molecular flexibility index (Phi) is 4.89. The van der Waals surface area contributed by atoms with Gasteiger partial charge in [-0.1, -0.05) is 0 Å². The van der Waals surface area contributed by atoms with E-state index < -0.39 is 0 Å². The second-order valence-electron chi connectivity index (χ2n) is 6.63. The van der Waals surface area contributed by atoms with Crippen molar-refractivity contribution in [3.63, 3.8) is 0 Å². The van der Waals surface area contributed by atoms with Gasteiger partial charge >= 0.3 is 0 Å². The highest BCUT2D eigenvalue weighted by atomic mass is 16.3. The zero-order valence-electron chi connectivity index (χ0n) is 15.2. The minimum Gasteiger partial charge on any atom is -0.451 e. The van der Waals surface area contributed by atoms with Crippen molar-refractivity contribution < 1.29 is 9.21 Å². The van der Waals surface area contributed by atoms with Gasteiger partial charge < -0.3 is 20.0 Å². The Morgan fingerprint density at radius 3 is 2.74 bits per heavy atom. The number of furan rings is 1. The number of benzene rings is 1. The van der Waals surface area contributed by atoms with Gasteiger partial charge in [-0.2, -0.15) is 0 Å². The zero-order chi connectivity index (χ0) is 18.6. The van der Waals surface area contributed by atoms with Crippen molar-refractivity contribution in [2.24, 2.45) is 0 Å². The first-order chi connectivity index (χ1) is 13.2. The summed E-state index contributed by atoms with van der Waals surface area (Å²) < 4.78 is 5.67. The number of likely N-dealkylation sites (N-methyl/N-ethyl adjacent to an activating group) is 1. The van der Waals surface area contributed by atoms with Crippen LogP contribution in [0.15, 0.2) is 65.3 Å². The summed E-state index contributed by atoms with van der Waals surface area (Å²) in [6.07, 6.45) is 4.55. The molecule has 1 saturated heterocycles. The van der Waals surface area contributed by atoms with Crippen molar-refractivity contribution in [3.8, 4) is 11.3 Å². The topological polar surface area (TPSA) is 70.4 Å². The average molecular weight is 362 g/mol. The Bertz CT molecular complexity index is 905. The van der Waals surface area contributed by atoms with Crippen molar-refractivity contribution in [2.75, 3.05) is 30.4 Å². The lowest BCUT2D eigenvalue weighted by atomic mass is 10.2. The van der Waals surface area contributed by atoms with Crippen LogP contribution in [0.2, 0.25) is 0 Å². The molecular formula is C21H22N4O2. The van der Waals surface area contributed by atoms with E-state index in [4.69, 9.17) is 4.42 Å². The maximum atomic E-state index is 12.4. The summed E-state index contributed by atoms with van der Waals surface area (Å²) in [6, 6.07) is 15.6. The zero-order valence-corrected chi connectivity index (χ0v) is 15.2. The Morgan fingerprint density at radius 2 is 2.04 bits per heavy atom. The Morgan fingerprint density at radius 1 is 1.19 bits per heavy atom. The van der Waals surface area contributed by atoms with Crippen molar-refractivity contribution in [3.05, 3.63) is 66.7 Å². The predicted octanol–water partition coefficient (Wildman–Crippen LogP) is 3.39. The summed E-state index contributed by atoms with van der Waals surface area (Å²) in [7, 11) is 2.00. The maximum absolute atomic E-state index is 12.4. The number of nitrogens with zero attached hydrogens (tertiary/aromatic N) is 2. The molecule has 6 nitrogen and oxygen atoms in total. The molecule has 0 spiro atoms. The molecule has 2 N–H and O–H groups in total. The molecule has 0 saturated carbocycles. The molecule has 2 aromatic heterocycles. The molecule has 1 atom stereocenters. The van der Waals surface area contributed by atoms with Crippen LogP contribution in [0.1, 0.15) is 17.0 Å². The first kappa shape index (κ1) is 17.3. The second kappa shape index (κ2) is 7.63. The lowest BCUT2D eigenvalue weighted by molar-refractivity contribution is 0.0997. The monoisotopic (exact) mass is 362 g/mol. The average Bonchev–Trinajstić information content (AvgIpc) is 3.39. The van der Waals surface area contributed by atoms with Gasteiger partial charge in [0.25, 0.3) is 5.91 Å². The van der Waals surface area contributed by atoms with Gasteiger partial charge in [0.15, 0.2) is 5.76 Å². The van der Waals surface area contributed by atoms with Gasteiger partial charge in [-0.25, -0.2) is 0 Å².